The number of rotatable bonds is 7. The average Bonchev–Trinajstić information content (AvgIpc) is 2.91. The van der Waals surface area contributed by atoms with E-state index in [0.717, 1.165) is 55.0 Å². The molecule has 2 aliphatic rings. The molecule has 0 radical (unpaired) electrons. The first kappa shape index (κ1) is 23.4. The van der Waals surface area contributed by atoms with Crippen molar-refractivity contribution in [3.8, 4) is 5.75 Å². The van der Waals surface area contributed by atoms with Crippen LogP contribution in [0.3, 0.4) is 0 Å². The van der Waals surface area contributed by atoms with Crippen molar-refractivity contribution in [1.29, 1.82) is 0 Å². The van der Waals surface area contributed by atoms with Crippen LogP contribution in [0.5, 0.6) is 5.75 Å². The molecule has 6 nitrogen and oxygen atoms in total. The summed E-state index contributed by atoms with van der Waals surface area (Å²) in [4.78, 5) is 16.7. The van der Waals surface area contributed by atoms with Gasteiger partial charge in [-0.25, -0.2) is 0 Å². The molecule has 2 N–H and O–H groups in total. The number of fused-ring (bicyclic) bond motifs is 1. The normalized spacial score (nSPS) is 20.3. The van der Waals surface area contributed by atoms with Gasteiger partial charge >= 0.3 is 0 Å². The standard InChI is InChI=1S/C29H33N3O3/c1-2-31-15-16-32(24-9-11-25(12-10-24)35-20-21-6-4-3-5-7-21)27(19-31)28-26-13-8-23(29(30)33)18-22(26)14-17-34-28/h3-13,18,27-28H,2,14-17,19-20H2,1H3,(H2,30,33). The summed E-state index contributed by atoms with van der Waals surface area (Å²) in [5, 5.41) is 0. The lowest BCUT2D eigenvalue weighted by molar-refractivity contribution is 0.00757. The first-order valence-corrected chi connectivity index (χ1v) is 12.4. The average molecular weight is 472 g/mol. The minimum absolute atomic E-state index is 0.0657. The largest absolute Gasteiger partial charge is 0.489 e. The van der Waals surface area contributed by atoms with Gasteiger partial charge in [-0.1, -0.05) is 43.3 Å². The number of carbonyl (C=O) groups is 1. The van der Waals surface area contributed by atoms with Gasteiger partial charge < -0.3 is 20.1 Å². The molecule has 1 saturated heterocycles. The highest BCUT2D eigenvalue weighted by atomic mass is 16.5. The molecule has 0 saturated carbocycles. The second-order valence-corrected chi connectivity index (χ2v) is 9.24. The van der Waals surface area contributed by atoms with E-state index in [2.05, 4.69) is 53.1 Å². The van der Waals surface area contributed by atoms with Crippen molar-refractivity contribution in [3.05, 3.63) is 95.1 Å². The van der Waals surface area contributed by atoms with Gasteiger partial charge in [0.15, 0.2) is 0 Å². The molecular formula is C29H33N3O3. The molecule has 1 amide bonds. The van der Waals surface area contributed by atoms with Gasteiger partial charge in [-0.15, -0.1) is 0 Å². The third kappa shape index (κ3) is 5.19. The van der Waals surface area contributed by atoms with E-state index in [4.69, 9.17) is 15.2 Å². The first-order chi connectivity index (χ1) is 17.1. The number of nitrogens with two attached hydrogens (primary N) is 1. The molecule has 3 aromatic rings. The Labute approximate surface area is 207 Å². The number of carbonyl (C=O) groups excluding carboxylic acids is 1. The van der Waals surface area contributed by atoms with Crippen LogP contribution in [0.15, 0.2) is 72.8 Å². The molecule has 35 heavy (non-hydrogen) atoms. The van der Waals surface area contributed by atoms with Gasteiger partial charge in [0.1, 0.15) is 18.5 Å². The maximum Gasteiger partial charge on any atom is 0.248 e. The Bertz CT molecular complexity index is 1150. The Hall–Kier alpha value is -3.35. The van der Waals surface area contributed by atoms with Crippen LogP contribution in [0.4, 0.5) is 5.69 Å². The zero-order chi connectivity index (χ0) is 24.2. The van der Waals surface area contributed by atoms with Gasteiger partial charge in [0.25, 0.3) is 0 Å². The summed E-state index contributed by atoms with van der Waals surface area (Å²) < 4.78 is 12.4. The lowest BCUT2D eigenvalue weighted by Gasteiger charge is -2.47. The lowest BCUT2D eigenvalue weighted by atomic mass is 9.89. The highest BCUT2D eigenvalue weighted by Gasteiger charge is 2.37. The van der Waals surface area contributed by atoms with E-state index in [-0.39, 0.29) is 18.1 Å². The fraction of sp³-hybridized carbons (Fsp3) is 0.345. The van der Waals surface area contributed by atoms with E-state index in [9.17, 15) is 4.79 Å². The summed E-state index contributed by atoms with van der Waals surface area (Å²) >= 11 is 0. The van der Waals surface area contributed by atoms with Crippen molar-refractivity contribution in [2.24, 2.45) is 5.73 Å². The minimum atomic E-state index is -0.387. The monoisotopic (exact) mass is 471 g/mol. The predicted octanol–water partition coefficient (Wildman–Crippen LogP) is 4.19. The lowest BCUT2D eigenvalue weighted by Crippen LogP contribution is -2.56. The van der Waals surface area contributed by atoms with Crippen molar-refractivity contribution >= 4 is 11.6 Å². The number of primary amides is 1. The summed E-state index contributed by atoms with van der Waals surface area (Å²) in [5.41, 5.74) is 10.7. The number of hydrogen-bond donors (Lipinski definition) is 1. The van der Waals surface area contributed by atoms with E-state index < -0.39 is 0 Å². The van der Waals surface area contributed by atoms with Crippen LogP contribution in [0.25, 0.3) is 0 Å². The maximum atomic E-state index is 11.7. The van der Waals surface area contributed by atoms with Crippen LogP contribution in [-0.2, 0) is 17.8 Å². The molecule has 182 valence electrons. The molecule has 2 heterocycles. The van der Waals surface area contributed by atoms with Crippen LogP contribution in [0, 0.1) is 0 Å². The van der Waals surface area contributed by atoms with Crippen molar-refractivity contribution in [2.45, 2.75) is 32.1 Å². The number of likely N-dealkylation sites (N-methyl/N-ethyl adjacent to an activating group) is 1. The van der Waals surface area contributed by atoms with Crippen LogP contribution < -0.4 is 15.4 Å². The van der Waals surface area contributed by atoms with E-state index in [1.54, 1.807) is 0 Å². The Kier molecular flexibility index (Phi) is 7.02. The molecule has 3 aromatic carbocycles. The van der Waals surface area contributed by atoms with Gasteiger partial charge in [-0.05, 0) is 66.1 Å². The van der Waals surface area contributed by atoms with Crippen LogP contribution in [0.1, 0.15) is 40.1 Å². The van der Waals surface area contributed by atoms with E-state index >= 15 is 0 Å². The van der Waals surface area contributed by atoms with Crippen molar-refractivity contribution in [1.82, 2.24) is 4.90 Å². The molecule has 2 unspecified atom stereocenters. The number of hydrogen-bond acceptors (Lipinski definition) is 5. The van der Waals surface area contributed by atoms with Gasteiger partial charge in [-0.2, -0.15) is 0 Å². The fourth-order valence-electron chi connectivity index (χ4n) is 5.17. The third-order valence-electron chi connectivity index (χ3n) is 7.12. The van der Waals surface area contributed by atoms with Crippen molar-refractivity contribution in [2.75, 3.05) is 37.7 Å². The molecule has 2 aliphatic heterocycles. The van der Waals surface area contributed by atoms with Gasteiger partial charge in [-0.3, -0.25) is 9.69 Å². The molecule has 0 spiro atoms. The number of benzene rings is 3. The van der Waals surface area contributed by atoms with E-state index in [1.165, 1.54) is 5.69 Å². The summed E-state index contributed by atoms with van der Waals surface area (Å²) in [7, 11) is 0. The summed E-state index contributed by atoms with van der Waals surface area (Å²) in [6, 6.07) is 24.6. The summed E-state index contributed by atoms with van der Waals surface area (Å²) in [6.07, 6.45) is 0.731. The van der Waals surface area contributed by atoms with Gasteiger partial charge in [0.2, 0.25) is 5.91 Å². The second-order valence-electron chi connectivity index (χ2n) is 9.24. The zero-order valence-electron chi connectivity index (χ0n) is 20.2. The quantitative estimate of drug-likeness (QED) is 0.560. The third-order valence-corrected chi connectivity index (χ3v) is 7.12. The number of amides is 1. The van der Waals surface area contributed by atoms with Gasteiger partial charge in [0.05, 0.1) is 12.6 Å². The minimum Gasteiger partial charge on any atom is -0.489 e. The molecule has 6 heteroatoms. The summed E-state index contributed by atoms with van der Waals surface area (Å²) in [5.74, 6) is 0.474. The fourth-order valence-corrected chi connectivity index (χ4v) is 5.17. The van der Waals surface area contributed by atoms with E-state index in [0.29, 0.717) is 18.8 Å². The SMILES string of the molecule is CCN1CCN(c2ccc(OCc3ccccc3)cc2)C(C2OCCc3cc(C(N)=O)ccc32)C1. The number of piperazine rings is 1. The predicted molar refractivity (Wildman–Crippen MR) is 138 cm³/mol. The molecule has 2 atom stereocenters. The van der Waals surface area contributed by atoms with E-state index in [1.807, 2.05) is 36.4 Å². The second kappa shape index (κ2) is 10.5. The molecule has 0 aromatic heterocycles. The molecule has 5 rings (SSSR count). The number of nitrogens with zero attached hydrogens (tertiary/aromatic N) is 2. The molecule has 0 bridgehead atoms. The molecular weight excluding hydrogens is 438 g/mol. The maximum absolute atomic E-state index is 11.7. The smallest absolute Gasteiger partial charge is 0.248 e. The number of anilines is 1. The number of ether oxygens (including phenoxy) is 2. The Morgan fingerprint density at radius 3 is 2.60 bits per heavy atom. The topological polar surface area (TPSA) is 68.0 Å². The Balaban J connectivity index is 1.37. The van der Waals surface area contributed by atoms with Gasteiger partial charge in [0, 0.05) is 30.9 Å². The zero-order valence-corrected chi connectivity index (χ0v) is 20.2. The van der Waals surface area contributed by atoms with Crippen molar-refractivity contribution in [3.63, 3.8) is 0 Å². The first-order valence-electron chi connectivity index (χ1n) is 12.4. The Morgan fingerprint density at radius 2 is 1.86 bits per heavy atom. The van der Waals surface area contributed by atoms with Crippen LogP contribution in [-0.4, -0.2) is 49.6 Å². The van der Waals surface area contributed by atoms with Crippen molar-refractivity contribution < 1.29 is 14.3 Å². The Morgan fingerprint density at radius 1 is 1.06 bits per heavy atom. The van der Waals surface area contributed by atoms with Crippen LogP contribution in [0.2, 0.25) is 0 Å². The highest BCUT2D eigenvalue weighted by molar-refractivity contribution is 5.93. The highest BCUT2D eigenvalue weighted by Crippen LogP contribution is 2.36. The van der Waals surface area contributed by atoms with Crippen LogP contribution >= 0.6 is 0 Å². The summed E-state index contributed by atoms with van der Waals surface area (Å²) in [6.45, 7) is 7.28. The molecule has 1 fully saturated rings. The molecule has 0 aliphatic carbocycles.